The summed E-state index contributed by atoms with van der Waals surface area (Å²) in [4.78, 5) is 0. The van der Waals surface area contributed by atoms with Crippen molar-refractivity contribution in [2.75, 3.05) is 19.6 Å². The third kappa shape index (κ3) is 1.73. The second-order valence-corrected chi connectivity index (χ2v) is 2.89. The van der Waals surface area contributed by atoms with Crippen LogP contribution in [-0.4, -0.2) is 24.3 Å². The normalized spacial score (nSPS) is 22.4. The molecule has 0 N–H and O–H groups in total. The van der Waals surface area contributed by atoms with E-state index in [1.54, 1.807) is 0 Å². The highest BCUT2D eigenvalue weighted by Crippen LogP contribution is 2.17. The summed E-state index contributed by atoms with van der Waals surface area (Å²) in [7, 11) is 0. The maximum absolute atomic E-state index is 11.5. The number of hydrogen-bond acceptors (Lipinski definition) is 1. The molecular formula is C8H13NO. The average molecular weight is 139 g/mol. The minimum Gasteiger partial charge on any atom is -0.633 e. The van der Waals surface area contributed by atoms with Crippen molar-refractivity contribution in [1.29, 1.82) is 0 Å². The minimum absolute atomic E-state index is 0.0375. The summed E-state index contributed by atoms with van der Waals surface area (Å²) in [5.74, 6) is 2.50. The van der Waals surface area contributed by atoms with Crippen LogP contribution in [-0.2, 0) is 0 Å². The minimum atomic E-state index is -0.0375. The Morgan fingerprint density at radius 3 is 2.50 bits per heavy atom. The highest BCUT2D eigenvalue weighted by atomic mass is 16.5. The van der Waals surface area contributed by atoms with Crippen LogP contribution in [0.2, 0.25) is 0 Å². The van der Waals surface area contributed by atoms with E-state index in [-0.39, 0.29) is 4.65 Å². The highest BCUT2D eigenvalue weighted by molar-refractivity contribution is 4.83. The lowest BCUT2D eigenvalue weighted by atomic mass is 10.4. The fraction of sp³-hybridized carbons (Fsp3) is 0.750. The summed E-state index contributed by atoms with van der Waals surface area (Å²) < 4.78 is -0.0375. The van der Waals surface area contributed by atoms with E-state index in [0.717, 1.165) is 25.9 Å². The molecule has 2 nitrogen and oxygen atoms in total. The molecule has 0 aromatic heterocycles. The monoisotopic (exact) mass is 139 g/mol. The zero-order chi connectivity index (χ0) is 7.45. The molecule has 10 heavy (non-hydrogen) atoms. The van der Waals surface area contributed by atoms with E-state index in [0.29, 0.717) is 13.0 Å². The lowest BCUT2D eigenvalue weighted by Crippen LogP contribution is -2.39. The summed E-state index contributed by atoms with van der Waals surface area (Å²) in [6.45, 7) is 2.18. The molecule has 0 unspecified atom stereocenters. The molecule has 0 saturated carbocycles. The van der Waals surface area contributed by atoms with Gasteiger partial charge in [0.25, 0.3) is 0 Å². The number of likely N-dealkylation sites (tertiary alicyclic amines) is 1. The fourth-order valence-electron chi connectivity index (χ4n) is 1.40. The molecule has 56 valence electrons. The lowest BCUT2D eigenvalue weighted by Gasteiger charge is -2.37. The summed E-state index contributed by atoms with van der Waals surface area (Å²) >= 11 is 0. The van der Waals surface area contributed by atoms with Crippen molar-refractivity contribution in [3.8, 4) is 12.3 Å². The second kappa shape index (κ2) is 3.05. The molecule has 0 aromatic carbocycles. The zero-order valence-corrected chi connectivity index (χ0v) is 6.18. The lowest BCUT2D eigenvalue weighted by molar-refractivity contribution is -0.867. The van der Waals surface area contributed by atoms with E-state index in [1.807, 2.05) is 0 Å². The van der Waals surface area contributed by atoms with Gasteiger partial charge in [-0.25, -0.2) is 0 Å². The molecule has 1 aliphatic rings. The number of hydrogen-bond donors (Lipinski definition) is 0. The van der Waals surface area contributed by atoms with Gasteiger partial charge < -0.3 is 9.85 Å². The standard InChI is InChI=1S/C8H13NO/c1-2-3-6-9(10)7-4-5-8-9/h1H,3-8H2. The third-order valence-corrected chi connectivity index (χ3v) is 2.04. The Kier molecular flexibility index (Phi) is 2.31. The molecule has 1 saturated heterocycles. The first-order chi connectivity index (χ1) is 4.77. The molecule has 0 radical (unpaired) electrons. The Balaban J connectivity index is 2.30. The molecule has 0 amide bonds. The fourth-order valence-corrected chi connectivity index (χ4v) is 1.40. The van der Waals surface area contributed by atoms with Gasteiger partial charge in [0.2, 0.25) is 0 Å². The quantitative estimate of drug-likeness (QED) is 0.319. The molecule has 1 aliphatic heterocycles. The number of nitrogens with zero attached hydrogens (tertiary/aromatic N) is 1. The van der Waals surface area contributed by atoms with E-state index < -0.39 is 0 Å². The predicted octanol–water partition coefficient (Wildman–Crippen LogP) is 1.12. The van der Waals surface area contributed by atoms with Crippen LogP contribution >= 0.6 is 0 Å². The van der Waals surface area contributed by atoms with Crippen molar-refractivity contribution < 1.29 is 4.65 Å². The van der Waals surface area contributed by atoms with E-state index in [2.05, 4.69) is 5.92 Å². The molecule has 1 fully saturated rings. The van der Waals surface area contributed by atoms with E-state index in [4.69, 9.17) is 6.42 Å². The topological polar surface area (TPSA) is 23.1 Å². The van der Waals surface area contributed by atoms with Crippen molar-refractivity contribution in [3.63, 3.8) is 0 Å². The highest BCUT2D eigenvalue weighted by Gasteiger charge is 2.21. The van der Waals surface area contributed by atoms with Gasteiger partial charge in [-0.2, -0.15) is 0 Å². The molecule has 0 atom stereocenters. The van der Waals surface area contributed by atoms with Crippen LogP contribution in [0.3, 0.4) is 0 Å². The second-order valence-electron chi connectivity index (χ2n) is 2.89. The SMILES string of the molecule is C#CCC[N+]1([O-])CCCC1. The molecular weight excluding hydrogens is 126 g/mol. The summed E-state index contributed by atoms with van der Waals surface area (Å²) in [5, 5.41) is 11.5. The van der Waals surface area contributed by atoms with E-state index >= 15 is 0 Å². The van der Waals surface area contributed by atoms with Gasteiger partial charge in [0, 0.05) is 12.8 Å². The molecule has 0 bridgehead atoms. The Hall–Kier alpha value is -0.520. The van der Waals surface area contributed by atoms with Crippen LogP contribution in [0.15, 0.2) is 0 Å². The van der Waals surface area contributed by atoms with Gasteiger partial charge in [0.15, 0.2) is 0 Å². The first kappa shape index (κ1) is 7.59. The maximum Gasteiger partial charge on any atom is 0.0894 e. The number of hydroxylamine groups is 3. The first-order valence-electron chi connectivity index (χ1n) is 3.77. The zero-order valence-electron chi connectivity index (χ0n) is 6.18. The van der Waals surface area contributed by atoms with Crippen LogP contribution in [0.4, 0.5) is 0 Å². The molecule has 2 heteroatoms. The molecule has 0 spiro atoms. The van der Waals surface area contributed by atoms with Gasteiger partial charge >= 0.3 is 0 Å². The maximum atomic E-state index is 11.5. The van der Waals surface area contributed by atoms with E-state index in [1.165, 1.54) is 0 Å². The summed E-state index contributed by atoms with van der Waals surface area (Å²) in [5.41, 5.74) is 0. The van der Waals surface area contributed by atoms with Crippen LogP contribution in [0.5, 0.6) is 0 Å². The largest absolute Gasteiger partial charge is 0.633 e. The average Bonchev–Trinajstić information content (AvgIpc) is 2.33. The summed E-state index contributed by atoms with van der Waals surface area (Å²) in [6, 6.07) is 0. The Morgan fingerprint density at radius 1 is 1.40 bits per heavy atom. The van der Waals surface area contributed by atoms with Crippen molar-refractivity contribution >= 4 is 0 Å². The molecule has 1 rings (SSSR count). The Bertz CT molecular complexity index is 142. The third-order valence-electron chi connectivity index (χ3n) is 2.04. The van der Waals surface area contributed by atoms with Gasteiger partial charge in [0.1, 0.15) is 0 Å². The van der Waals surface area contributed by atoms with Crippen molar-refractivity contribution in [2.45, 2.75) is 19.3 Å². The Labute approximate surface area is 62.0 Å². The smallest absolute Gasteiger partial charge is 0.0894 e. The van der Waals surface area contributed by atoms with Crippen molar-refractivity contribution in [3.05, 3.63) is 5.21 Å². The molecule has 1 heterocycles. The molecule has 0 aromatic rings. The van der Waals surface area contributed by atoms with Crippen molar-refractivity contribution in [1.82, 2.24) is 0 Å². The van der Waals surface area contributed by atoms with Gasteiger partial charge in [0.05, 0.1) is 26.1 Å². The van der Waals surface area contributed by atoms with Crippen LogP contribution < -0.4 is 0 Å². The predicted molar refractivity (Wildman–Crippen MR) is 40.9 cm³/mol. The van der Waals surface area contributed by atoms with Crippen LogP contribution in [0.25, 0.3) is 0 Å². The van der Waals surface area contributed by atoms with E-state index in [9.17, 15) is 5.21 Å². The van der Waals surface area contributed by atoms with Crippen molar-refractivity contribution in [2.24, 2.45) is 0 Å². The number of quaternary nitrogens is 1. The van der Waals surface area contributed by atoms with Gasteiger partial charge in [-0.15, -0.1) is 12.3 Å². The number of terminal acetylenes is 1. The first-order valence-corrected chi connectivity index (χ1v) is 3.77. The summed E-state index contributed by atoms with van der Waals surface area (Å²) in [6.07, 6.45) is 7.85. The number of rotatable bonds is 2. The van der Waals surface area contributed by atoms with Gasteiger partial charge in [-0.3, -0.25) is 0 Å². The molecule has 0 aliphatic carbocycles. The van der Waals surface area contributed by atoms with Gasteiger partial charge in [-0.05, 0) is 0 Å². The Morgan fingerprint density at radius 2 is 2.00 bits per heavy atom. The van der Waals surface area contributed by atoms with Crippen LogP contribution in [0.1, 0.15) is 19.3 Å². The van der Waals surface area contributed by atoms with Crippen LogP contribution in [0, 0.1) is 17.6 Å². The van der Waals surface area contributed by atoms with Gasteiger partial charge in [-0.1, -0.05) is 0 Å².